The Bertz CT molecular complexity index is 1450. The molecule has 0 spiro atoms. The first-order valence-corrected chi connectivity index (χ1v) is 13.6. The highest BCUT2D eigenvalue weighted by molar-refractivity contribution is 9.08. The highest BCUT2D eigenvalue weighted by Gasteiger charge is 2.10. The van der Waals surface area contributed by atoms with E-state index in [-0.39, 0.29) is 11.1 Å². The first-order valence-electron chi connectivity index (χ1n) is 12.5. The molecule has 0 amide bonds. The minimum absolute atomic E-state index is 0.212. The maximum atomic E-state index is 13.9. The Labute approximate surface area is 247 Å². The number of hydrogen-bond donors (Lipinski definition) is 2. The van der Waals surface area contributed by atoms with Crippen molar-refractivity contribution in [2.24, 2.45) is 0 Å². The van der Waals surface area contributed by atoms with Crippen molar-refractivity contribution in [3.8, 4) is 0 Å². The third-order valence-electron chi connectivity index (χ3n) is 5.64. The fourth-order valence-corrected chi connectivity index (χ4v) is 3.91. The molecule has 0 bridgehead atoms. The molecule has 4 aromatic carbocycles. The van der Waals surface area contributed by atoms with E-state index >= 15 is 0 Å². The normalized spacial score (nSPS) is 9.83. The fourth-order valence-electron chi connectivity index (χ4n) is 3.46. The van der Waals surface area contributed by atoms with Crippen LogP contribution in [0.5, 0.6) is 0 Å². The van der Waals surface area contributed by atoms with Crippen molar-refractivity contribution in [1.82, 2.24) is 0 Å². The monoisotopic (exact) mass is 626 g/mol. The van der Waals surface area contributed by atoms with Gasteiger partial charge >= 0.3 is 11.9 Å². The summed E-state index contributed by atoms with van der Waals surface area (Å²) >= 11 is 3.13. The van der Waals surface area contributed by atoms with E-state index in [1.807, 2.05) is 62.4 Å². The quantitative estimate of drug-likeness (QED) is 0.130. The zero-order valence-electron chi connectivity index (χ0n) is 23.3. The number of methoxy groups -OCH3 is 2. The number of carbonyl (C=O) groups excluding carboxylic acids is 2. The zero-order valence-corrected chi connectivity index (χ0v) is 24.9. The number of nitrogens with one attached hydrogen (secondary N) is 1. The molecule has 41 heavy (non-hydrogen) atoms. The summed E-state index contributed by atoms with van der Waals surface area (Å²) in [5.74, 6) is -1.89. The molecule has 0 radical (unpaired) electrons. The molecule has 9 heteroatoms. The number of hydrogen-bond acceptors (Lipinski definition) is 6. The maximum absolute atomic E-state index is 13.9. The largest absolute Gasteiger partial charge is 0.465 e. The lowest BCUT2D eigenvalue weighted by molar-refractivity contribution is 0.0591. The summed E-state index contributed by atoms with van der Waals surface area (Å²) < 4.78 is 36.0. The van der Waals surface area contributed by atoms with Crippen LogP contribution in [-0.4, -0.2) is 26.2 Å². The second-order valence-corrected chi connectivity index (χ2v) is 9.43. The lowest BCUT2D eigenvalue weighted by Gasteiger charge is -2.09. The predicted molar refractivity (Wildman–Crippen MR) is 162 cm³/mol. The van der Waals surface area contributed by atoms with Gasteiger partial charge in [0.05, 0.1) is 25.3 Å². The van der Waals surface area contributed by atoms with Gasteiger partial charge in [0.1, 0.15) is 11.6 Å². The van der Waals surface area contributed by atoms with Gasteiger partial charge in [-0.05, 0) is 79.1 Å². The molecule has 0 aromatic heterocycles. The number of aryl methyl sites for hydroxylation is 2. The third kappa shape index (κ3) is 11.0. The molecule has 0 aliphatic heterocycles. The smallest absolute Gasteiger partial charge is 0.337 e. The van der Waals surface area contributed by atoms with Crippen LogP contribution in [0.25, 0.3) is 0 Å². The van der Waals surface area contributed by atoms with Crippen molar-refractivity contribution >= 4 is 39.2 Å². The summed E-state index contributed by atoms with van der Waals surface area (Å²) in [6, 6.07) is 24.2. The first-order chi connectivity index (χ1) is 19.6. The van der Waals surface area contributed by atoms with Crippen LogP contribution in [0, 0.1) is 25.5 Å². The summed E-state index contributed by atoms with van der Waals surface area (Å²) in [5, 5.41) is 3.58. The number of anilines is 2. The van der Waals surface area contributed by atoms with Crippen LogP contribution < -0.4 is 11.1 Å². The molecule has 6 nitrogen and oxygen atoms in total. The van der Waals surface area contributed by atoms with E-state index in [2.05, 4.69) is 30.7 Å². The lowest BCUT2D eigenvalue weighted by Crippen LogP contribution is -2.05. The molecule has 0 fully saturated rings. The van der Waals surface area contributed by atoms with Gasteiger partial charge < -0.3 is 20.5 Å². The van der Waals surface area contributed by atoms with Gasteiger partial charge in [-0.25, -0.2) is 18.4 Å². The topological polar surface area (TPSA) is 90.6 Å². The molecule has 0 aliphatic carbocycles. The number of alkyl halides is 1. The van der Waals surface area contributed by atoms with Crippen molar-refractivity contribution in [1.29, 1.82) is 0 Å². The number of nitrogen functional groups attached to an aromatic ring is 1. The van der Waals surface area contributed by atoms with E-state index in [1.165, 1.54) is 38.0 Å². The molecule has 4 rings (SSSR count). The van der Waals surface area contributed by atoms with Crippen molar-refractivity contribution < 1.29 is 27.8 Å². The Morgan fingerprint density at radius 3 is 1.68 bits per heavy atom. The van der Waals surface area contributed by atoms with Crippen molar-refractivity contribution in [2.45, 2.75) is 25.7 Å². The average molecular weight is 628 g/mol. The summed E-state index contributed by atoms with van der Waals surface area (Å²) in [4.78, 5) is 22.3. The van der Waals surface area contributed by atoms with Crippen LogP contribution >= 0.6 is 15.9 Å². The summed E-state index contributed by atoms with van der Waals surface area (Å²) in [6.45, 7) is 4.38. The van der Waals surface area contributed by atoms with E-state index in [4.69, 9.17) is 5.73 Å². The molecule has 4 aromatic rings. The van der Waals surface area contributed by atoms with Gasteiger partial charge in [-0.3, -0.25) is 0 Å². The Kier molecular flexibility index (Phi) is 13.5. The van der Waals surface area contributed by atoms with Gasteiger partial charge in [-0.2, -0.15) is 0 Å². The van der Waals surface area contributed by atoms with Gasteiger partial charge in [0.15, 0.2) is 0 Å². The molecule has 3 N–H and O–H groups in total. The summed E-state index contributed by atoms with van der Waals surface area (Å²) in [6.07, 6.45) is 0. The first kappa shape index (κ1) is 33.0. The zero-order chi connectivity index (χ0) is 30.4. The summed E-state index contributed by atoms with van der Waals surface area (Å²) in [7, 11) is 2.53. The lowest BCUT2D eigenvalue weighted by atomic mass is 10.1. The Hall–Kier alpha value is -4.24. The van der Waals surface area contributed by atoms with E-state index in [0.29, 0.717) is 23.0 Å². The minimum atomic E-state index is -0.540. The average Bonchev–Trinajstić information content (AvgIpc) is 2.96. The number of nitrogens with two attached hydrogens (primary N) is 1. The van der Waals surface area contributed by atoms with Crippen LogP contribution in [0.2, 0.25) is 0 Å². The molecule has 0 heterocycles. The molecular formula is C32H33BrF2N2O4. The van der Waals surface area contributed by atoms with E-state index in [0.717, 1.165) is 16.9 Å². The van der Waals surface area contributed by atoms with E-state index < -0.39 is 23.6 Å². The Morgan fingerprint density at radius 1 is 0.756 bits per heavy atom. The van der Waals surface area contributed by atoms with Gasteiger partial charge in [0, 0.05) is 28.8 Å². The number of esters is 2. The SMILES string of the molecule is COC(=O)c1ccc(CBr)c(F)c1.COC(=O)c1ccc(CNc2cccc(C)c2)c(F)c1.Cc1cccc(N)c1. The fraction of sp³-hybridized carbons (Fsp3) is 0.188. The van der Waals surface area contributed by atoms with Crippen molar-refractivity contribution in [3.05, 3.63) is 130 Å². The molecule has 0 unspecified atom stereocenters. The molecule has 0 aliphatic rings. The molecule has 216 valence electrons. The predicted octanol–water partition coefficient (Wildman–Crippen LogP) is 7.62. The third-order valence-corrected chi connectivity index (χ3v) is 6.24. The standard InChI is InChI=1S/C16H16FNO2.C9H8BrFO2.C7H9N/c1-11-4-3-5-14(8-11)18-10-13-7-6-12(9-15(13)17)16(19)20-2;1-13-9(12)6-2-3-7(5-10)8(11)4-6;1-6-3-2-4-7(8)5-6/h3-9,18H,10H2,1-2H3;2-4H,5H2,1H3;2-5H,8H2,1H3. The second kappa shape index (κ2) is 16.8. The van der Waals surface area contributed by atoms with Gasteiger partial charge in [-0.1, -0.05) is 52.3 Å². The number of ether oxygens (including phenoxy) is 2. The number of carbonyl (C=O) groups is 2. The number of benzene rings is 4. The van der Waals surface area contributed by atoms with E-state index in [9.17, 15) is 18.4 Å². The van der Waals surface area contributed by atoms with Crippen LogP contribution in [0.3, 0.4) is 0 Å². The van der Waals surface area contributed by atoms with Crippen LogP contribution in [0.1, 0.15) is 43.0 Å². The van der Waals surface area contributed by atoms with Crippen LogP contribution in [0.15, 0.2) is 84.9 Å². The number of halogens is 3. The maximum Gasteiger partial charge on any atom is 0.337 e. The van der Waals surface area contributed by atoms with Crippen LogP contribution in [-0.2, 0) is 21.3 Å². The Morgan fingerprint density at radius 2 is 1.27 bits per heavy atom. The van der Waals surface area contributed by atoms with Crippen molar-refractivity contribution in [2.75, 3.05) is 25.3 Å². The second-order valence-electron chi connectivity index (χ2n) is 8.87. The van der Waals surface area contributed by atoms with Crippen LogP contribution in [0.4, 0.5) is 20.2 Å². The van der Waals surface area contributed by atoms with Gasteiger partial charge in [0.2, 0.25) is 0 Å². The Balaban J connectivity index is 0.000000239. The minimum Gasteiger partial charge on any atom is -0.465 e. The highest BCUT2D eigenvalue weighted by atomic mass is 79.9. The van der Waals surface area contributed by atoms with Gasteiger partial charge in [-0.15, -0.1) is 0 Å². The summed E-state index contributed by atoms with van der Waals surface area (Å²) in [5.41, 5.74) is 11.0. The molecular weight excluding hydrogens is 594 g/mol. The van der Waals surface area contributed by atoms with E-state index in [1.54, 1.807) is 18.2 Å². The molecule has 0 atom stereocenters. The highest BCUT2D eigenvalue weighted by Crippen LogP contribution is 2.16. The van der Waals surface area contributed by atoms with Gasteiger partial charge in [0.25, 0.3) is 0 Å². The number of rotatable bonds is 6. The molecule has 0 saturated carbocycles. The molecule has 0 saturated heterocycles. The van der Waals surface area contributed by atoms with Crippen molar-refractivity contribution in [3.63, 3.8) is 0 Å².